The number of carbonyl (C=O) groups is 1. The molecule has 1 saturated carbocycles. The molecule has 3 heterocycles. The first kappa shape index (κ1) is 14.0. The van der Waals surface area contributed by atoms with E-state index < -0.39 is 0 Å². The number of aromatic amines is 2. The van der Waals surface area contributed by atoms with E-state index in [9.17, 15) is 4.79 Å². The van der Waals surface area contributed by atoms with Crippen LogP contribution in [0.25, 0.3) is 17.5 Å². The monoisotopic (exact) mass is 305 g/mol. The normalized spacial score (nSPS) is 22.0. The van der Waals surface area contributed by atoms with Crippen molar-refractivity contribution in [2.45, 2.75) is 26.2 Å². The Hall–Kier alpha value is -2.62. The predicted molar refractivity (Wildman–Crippen MR) is 92.5 cm³/mol. The van der Waals surface area contributed by atoms with Crippen molar-refractivity contribution in [1.29, 1.82) is 0 Å². The molecule has 1 fully saturated rings. The first-order valence-corrected chi connectivity index (χ1v) is 8.05. The van der Waals surface area contributed by atoms with Crippen LogP contribution in [0.2, 0.25) is 0 Å². The minimum atomic E-state index is 0.656. The van der Waals surface area contributed by atoms with Gasteiger partial charge in [0.1, 0.15) is 0 Å². The van der Waals surface area contributed by atoms with E-state index in [4.69, 9.17) is 4.99 Å². The topological polar surface area (TPSA) is 61.0 Å². The van der Waals surface area contributed by atoms with Crippen LogP contribution in [-0.2, 0) is 0 Å². The first-order valence-electron chi connectivity index (χ1n) is 8.05. The van der Waals surface area contributed by atoms with Crippen LogP contribution in [0, 0.1) is 5.92 Å². The maximum atomic E-state index is 11.4. The molecule has 116 valence electrons. The van der Waals surface area contributed by atoms with Gasteiger partial charge in [0.2, 0.25) is 0 Å². The first-order chi connectivity index (χ1) is 11.2. The zero-order valence-electron chi connectivity index (χ0n) is 13.1. The molecular formula is C19H19N3O. The molecule has 0 saturated heterocycles. The van der Waals surface area contributed by atoms with E-state index in [1.165, 1.54) is 17.7 Å². The second kappa shape index (κ2) is 5.54. The van der Waals surface area contributed by atoms with Crippen LogP contribution in [0.4, 0.5) is 0 Å². The predicted octanol–water partition coefficient (Wildman–Crippen LogP) is 4.36. The van der Waals surface area contributed by atoms with Crippen molar-refractivity contribution in [3.8, 4) is 11.4 Å². The molecule has 23 heavy (non-hydrogen) atoms. The molecule has 2 aromatic heterocycles. The number of allylic oxidation sites excluding steroid dienone is 2. The third-order valence-corrected chi connectivity index (χ3v) is 4.59. The quantitative estimate of drug-likeness (QED) is 0.813. The summed E-state index contributed by atoms with van der Waals surface area (Å²) in [6, 6.07) is 5.79. The number of hydrogen-bond acceptors (Lipinski definition) is 2. The van der Waals surface area contributed by atoms with Crippen molar-refractivity contribution in [2.75, 3.05) is 0 Å². The van der Waals surface area contributed by atoms with Crippen LogP contribution in [-0.4, -0.2) is 22.0 Å². The molecule has 2 N–H and O–H groups in total. The van der Waals surface area contributed by atoms with Crippen LogP contribution >= 0.6 is 0 Å². The van der Waals surface area contributed by atoms with Crippen molar-refractivity contribution >= 4 is 18.1 Å². The zero-order chi connectivity index (χ0) is 15.8. The highest BCUT2D eigenvalue weighted by Crippen LogP contribution is 2.33. The van der Waals surface area contributed by atoms with Gasteiger partial charge in [-0.25, -0.2) is 0 Å². The Morgan fingerprint density at radius 1 is 1.35 bits per heavy atom. The highest BCUT2D eigenvalue weighted by atomic mass is 16.1. The van der Waals surface area contributed by atoms with E-state index in [1.807, 2.05) is 30.5 Å². The number of rotatable bonds is 3. The third kappa shape index (κ3) is 2.61. The van der Waals surface area contributed by atoms with Gasteiger partial charge in [-0.2, -0.15) is 0 Å². The summed E-state index contributed by atoms with van der Waals surface area (Å²) in [6.07, 6.45) is 10.3. The molecule has 0 radical (unpaired) electrons. The largest absolute Gasteiger partial charge is 0.360 e. The number of nitrogens with zero attached hydrogens (tertiary/aromatic N) is 1. The summed E-state index contributed by atoms with van der Waals surface area (Å²) >= 11 is 0. The Morgan fingerprint density at radius 2 is 2.26 bits per heavy atom. The van der Waals surface area contributed by atoms with E-state index in [1.54, 1.807) is 0 Å². The maximum Gasteiger partial charge on any atom is 0.152 e. The number of carbonyl (C=O) groups excluding carboxylic acids is 1. The molecule has 1 unspecified atom stereocenters. The van der Waals surface area contributed by atoms with E-state index in [2.05, 4.69) is 23.0 Å². The molecule has 2 aliphatic rings. The molecule has 1 aliphatic heterocycles. The average molecular weight is 305 g/mol. The third-order valence-electron chi connectivity index (χ3n) is 4.59. The molecule has 0 amide bonds. The number of aromatic nitrogens is 2. The lowest BCUT2D eigenvalue weighted by Gasteiger charge is -2.19. The standard InChI is InChI=1S/C19H19N3O/c1-12-4-5-16-13(7-12)8-15(21-16)10-18-14(11-23)9-19(22-18)17-3-2-6-20-17/h2-3,6,8-12,20,22H,4-5,7H2,1H3. The fourth-order valence-corrected chi connectivity index (χ4v) is 3.34. The van der Waals surface area contributed by atoms with Crippen LogP contribution < -0.4 is 0 Å². The molecule has 4 nitrogen and oxygen atoms in total. The number of fused-ring (bicyclic) bond motifs is 1. The van der Waals surface area contributed by atoms with Gasteiger partial charge >= 0.3 is 0 Å². The number of H-pyrrole nitrogens is 2. The van der Waals surface area contributed by atoms with Gasteiger partial charge in [-0.1, -0.05) is 6.92 Å². The summed E-state index contributed by atoms with van der Waals surface area (Å²) in [6.45, 7) is 2.29. The Morgan fingerprint density at radius 3 is 3.04 bits per heavy atom. The lowest BCUT2D eigenvalue weighted by molar-refractivity contribution is 0.112. The molecule has 0 bridgehead atoms. The van der Waals surface area contributed by atoms with Crippen molar-refractivity contribution in [3.63, 3.8) is 0 Å². The van der Waals surface area contributed by atoms with Gasteiger partial charge in [0, 0.05) is 17.5 Å². The highest BCUT2D eigenvalue weighted by molar-refractivity contribution is 6.05. The molecule has 4 rings (SSSR count). The highest BCUT2D eigenvalue weighted by Gasteiger charge is 2.23. The molecule has 0 aromatic carbocycles. The van der Waals surface area contributed by atoms with E-state index in [0.29, 0.717) is 5.56 Å². The Bertz CT molecular complexity index is 834. The van der Waals surface area contributed by atoms with Crippen molar-refractivity contribution in [1.82, 2.24) is 9.97 Å². The van der Waals surface area contributed by atoms with Gasteiger partial charge in [-0.15, -0.1) is 0 Å². The second-order valence-corrected chi connectivity index (χ2v) is 6.40. The molecule has 4 heteroatoms. The summed E-state index contributed by atoms with van der Waals surface area (Å²) in [5.74, 6) is 0.732. The van der Waals surface area contributed by atoms with Crippen molar-refractivity contribution in [3.05, 3.63) is 53.0 Å². The minimum Gasteiger partial charge on any atom is -0.360 e. The fraction of sp³-hybridized carbons (Fsp3) is 0.263. The maximum absolute atomic E-state index is 11.4. The minimum absolute atomic E-state index is 0.656. The molecule has 1 atom stereocenters. The Kier molecular flexibility index (Phi) is 3.37. The lowest BCUT2D eigenvalue weighted by atomic mass is 9.86. The molecule has 0 spiro atoms. The smallest absolute Gasteiger partial charge is 0.152 e. The molecular weight excluding hydrogens is 286 g/mol. The van der Waals surface area contributed by atoms with Gasteiger partial charge in [-0.3, -0.25) is 9.79 Å². The SMILES string of the molecule is CC1CCC2=NC(=Cc3[nH]c(-c4ccc[nH]4)cc3C=O)C=C2C1. The number of aliphatic imine (C=N–C) groups is 1. The Labute approximate surface area is 135 Å². The van der Waals surface area contributed by atoms with Gasteiger partial charge < -0.3 is 9.97 Å². The van der Waals surface area contributed by atoms with Gasteiger partial charge in [0.15, 0.2) is 6.29 Å². The fourth-order valence-electron chi connectivity index (χ4n) is 3.34. The number of hydrogen-bond donors (Lipinski definition) is 2. The van der Waals surface area contributed by atoms with Crippen LogP contribution in [0.15, 0.2) is 46.7 Å². The second-order valence-electron chi connectivity index (χ2n) is 6.40. The van der Waals surface area contributed by atoms with Crippen LogP contribution in [0.1, 0.15) is 42.2 Å². The summed E-state index contributed by atoms with van der Waals surface area (Å²) in [5.41, 5.74) is 6.87. The summed E-state index contributed by atoms with van der Waals surface area (Å²) in [5, 5.41) is 0. The number of aldehydes is 1. The van der Waals surface area contributed by atoms with E-state index in [0.717, 1.165) is 47.8 Å². The van der Waals surface area contributed by atoms with E-state index >= 15 is 0 Å². The average Bonchev–Trinajstić information content (AvgIpc) is 3.25. The number of nitrogens with one attached hydrogen (secondary N) is 2. The molecule has 2 aromatic rings. The zero-order valence-corrected chi connectivity index (χ0v) is 13.1. The lowest BCUT2D eigenvalue weighted by Crippen LogP contribution is -2.12. The van der Waals surface area contributed by atoms with Crippen LogP contribution in [0.5, 0.6) is 0 Å². The Balaban J connectivity index is 1.69. The summed E-state index contributed by atoms with van der Waals surface area (Å²) in [4.78, 5) is 22.6. The van der Waals surface area contributed by atoms with Gasteiger partial charge in [0.05, 0.1) is 22.8 Å². The summed E-state index contributed by atoms with van der Waals surface area (Å²) < 4.78 is 0. The van der Waals surface area contributed by atoms with Crippen LogP contribution in [0.3, 0.4) is 0 Å². The van der Waals surface area contributed by atoms with E-state index in [-0.39, 0.29) is 0 Å². The van der Waals surface area contributed by atoms with Gasteiger partial charge in [-0.05, 0) is 61.1 Å². The summed E-state index contributed by atoms with van der Waals surface area (Å²) in [7, 11) is 0. The van der Waals surface area contributed by atoms with Crippen molar-refractivity contribution < 1.29 is 4.79 Å². The van der Waals surface area contributed by atoms with Gasteiger partial charge in [0.25, 0.3) is 0 Å². The van der Waals surface area contributed by atoms with Crippen molar-refractivity contribution in [2.24, 2.45) is 10.9 Å². The molecule has 1 aliphatic carbocycles.